The van der Waals surface area contributed by atoms with Crippen molar-refractivity contribution in [3.63, 3.8) is 0 Å². The Bertz CT molecular complexity index is 1270. The van der Waals surface area contributed by atoms with Gasteiger partial charge in [0.2, 0.25) is 11.9 Å². The van der Waals surface area contributed by atoms with Crippen molar-refractivity contribution in [2.75, 3.05) is 26.5 Å². The van der Waals surface area contributed by atoms with Gasteiger partial charge >= 0.3 is 0 Å². The number of likely N-dealkylation sites (N-methyl/N-ethyl adjacent to an activating group) is 1. The van der Waals surface area contributed by atoms with Gasteiger partial charge in [0, 0.05) is 45.3 Å². The maximum Gasteiger partial charge on any atom is 0.261 e. The fourth-order valence-corrected chi connectivity index (χ4v) is 3.87. The molecule has 1 aliphatic rings. The summed E-state index contributed by atoms with van der Waals surface area (Å²) in [7, 11) is 5.23. The molecule has 1 saturated carbocycles. The van der Waals surface area contributed by atoms with Crippen molar-refractivity contribution < 1.29 is 9.32 Å². The fourth-order valence-electron chi connectivity index (χ4n) is 3.87. The van der Waals surface area contributed by atoms with E-state index in [1.165, 1.54) is 4.90 Å². The van der Waals surface area contributed by atoms with E-state index in [9.17, 15) is 4.79 Å². The van der Waals surface area contributed by atoms with Crippen LogP contribution < -0.4 is 5.32 Å². The molecule has 0 aliphatic heterocycles. The van der Waals surface area contributed by atoms with Crippen LogP contribution in [-0.4, -0.2) is 61.8 Å². The van der Waals surface area contributed by atoms with Crippen molar-refractivity contribution in [2.45, 2.75) is 25.3 Å². The number of anilines is 1. The Hall–Kier alpha value is -4.08. The lowest BCUT2D eigenvalue weighted by atomic mass is 9.92. The van der Waals surface area contributed by atoms with E-state index in [-0.39, 0.29) is 18.4 Å². The van der Waals surface area contributed by atoms with Gasteiger partial charge in [0.15, 0.2) is 5.82 Å². The van der Waals surface area contributed by atoms with Gasteiger partial charge in [-0.2, -0.15) is 10.1 Å². The lowest BCUT2D eigenvalue weighted by Gasteiger charge is -2.13. The van der Waals surface area contributed by atoms with Crippen LogP contribution in [0.1, 0.15) is 30.1 Å². The second kappa shape index (κ2) is 9.05. The number of amides is 1. The van der Waals surface area contributed by atoms with E-state index in [4.69, 9.17) is 9.51 Å². The van der Waals surface area contributed by atoms with E-state index in [0.29, 0.717) is 29.1 Å². The molecule has 0 radical (unpaired) electrons. The van der Waals surface area contributed by atoms with Crippen molar-refractivity contribution in [3.8, 4) is 22.6 Å². The minimum Gasteiger partial charge on any atom is -0.357 e. The Kier molecular flexibility index (Phi) is 5.79. The van der Waals surface area contributed by atoms with Gasteiger partial charge in [-0.25, -0.2) is 9.97 Å². The number of nitrogens with one attached hydrogen (secondary N) is 1. The molecule has 5 rings (SSSR count). The van der Waals surface area contributed by atoms with Crippen LogP contribution in [0.3, 0.4) is 0 Å². The molecule has 1 aliphatic carbocycles. The normalized spacial score (nSPS) is 14.1. The van der Waals surface area contributed by atoms with Crippen LogP contribution in [0.2, 0.25) is 0 Å². The molecule has 1 N–H and O–H groups in total. The van der Waals surface area contributed by atoms with E-state index >= 15 is 0 Å². The van der Waals surface area contributed by atoms with E-state index in [1.807, 2.05) is 12.4 Å². The predicted molar refractivity (Wildman–Crippen MR) is 126 cm³/mol. The van der Waals surface area contributed by atoms with Crippen LogP contribution in [0, 0.1) is 5.92 Å². The second-order valence-corrected chi connectivity index (χ2v) is 8.65. The zero-order chi connectivity index (χ0) is 23.7. The zero-order valence-corrected chi connectivity index (χ0v) is 19.3. The standard InChI is InChI=1S/C24H26N8O2/c1-25-24-26-10-18(11-27-24)15-4-6-16(7-5-15)21(17-8-9-17)22-29-23(34-30-22)19-12-28-32(13-19)14-20(33)31(2)3/h4-7,10-13,17,21H,8-9,14H2,1-3H3,(H,25,26,27). The molecule has 0 saturated heterocycles. The number of carbonyl (C=O) groups excluding carboxylic acids is 1. The minimum atomic E-state index is -0.0392. The van der Waals surface area contributed by atoms with Crippen molar-refractivity contribution in [2.24, 2.45) is 5.92 Å². The topological polar surface area (TPSA) is 115 Å². The third-order valence-electron chi connectivity index (χ3n) is 5.97. The molecule has 1 aromatic carbocycles. The minimum absolute atomic E-state index is 0.0392. The average molecular weight is 459 g/mol. The van der Waals surface area contributed by atoms with E-state index in [1.54, 1.807) is 38.2 Å². The molecule has 10 nitrogen and oxygen atoms in total. The van der Waals surface area contributed by atoms with Gasteiger partial charge < -0.3 is 14.7 Å². The van der Waals surface area contributed by atoms with Gasteiger partial charge in [0.1, 0.15) is 6.54 Å². The fraction of sp³-hybridized carbons (Fsp3) is 0.333. The van der Waals surface area contributed by atoms with Crippen LogP contribution in [0.25, 0.3) is 22.6 Å². The summed E-state index contributed by atoms with van der Waals surface area (Å²) in [6.07, 6.45) is 9.29. The largest absolute Gasteiger partial charge is 0.357 e. The first-order chi connectivity index (χ1) is 16.5. The summed E-state index contributed by atoms with van der Waals surface area (Å²) in [5, 5.41) is 11.5. The van der Waals surface area contributed by atoms with E-state index in [2.05, 4.69) is 49.8 Å². The van der Waals surface area contributed by atoms with Crippen molar-refractivity contribution >= 4 is 11.9 Å². The molecular weight excluding hydrogens is 432 g/mol. The third-order valence-corrected chi connectivity index (χ3v) is 5.97. The molecule has 1 atom stereocenters. The molecule has 1 fully saturated rings. The van der Waals surface area contributed by atoms with Gasteiger partial charge in [-0.15, -0.1) is 0 Å². The number of hydrogen-bond acceptors (Lipinski definition) is 8. The highest BCUT2D eigenvalue weighted by Gasteiger charge is 2.36. The summed E-state index contributed by atoms with van der Waals surface area (Å²) in [4.78, 5) is 26.7. The summed E-state index contributed by atoms with van der Waals surface area (Å²) in [6.45, 7) is 0.160. The Morgan fingerprint density at radius 1 is 1.12 bits per heavy atom. The first-order valence-corrected chi connectivity index (χ1v) is 11.2. The van der Waals surface area contributed by atoms with E-state index in [0.717, 1.165) is 29.5 Å². The van der Waals surface area contributed by atoms with Crippen LogP contribution in [0.15, 0.2) is 53.6 Å². The van der Waals surface area contributed by atoms with Gasteiger partial charge in [-0.3, -0.25) is 9.48 Å². The highest BCUT2D eigenvalue weighted by atomic mass is 16.5. The van der Waals surface area contributed by atoms with Crippen LogP contribution in [0.4, 0.5) is 5.95 Å². The Labute approximate surface area is 197 Å². The number of benzene rings is 1. The maximum absolute atomic E-state index is 11.9. The summed E-state index contributed by atoms with van der Waals surface area (Å²) in [5.41, 5.74) is 3.86. The summed E-state index contributed by atoms with van der Waals surface area (Å²) in [6, 6.07) is 8.39. The molecule has 0 spiro atoms. The Morgan fingerprint density at radius 2 is 1.85 bits per heavy atom. The number of hydrogen-bond donors (Lipinski definition) is 1. The molecule has 174 valence electrons. The van der Waals surface area contributed by atoms with E-state index < -0.39 is 0 Å². The molecule has 10 heteroatoms. The highest BCUT2D eigenvalue weighted by molar-refractivity contribution is 5.75. The smallest absolute Gasteiger partial charge is 0.261 e. The highest BCUT2D eigenvalue weighted by Crippen LogP contribution is 2.46. The lowest BCUT2D eigenvalue weighted by molar-refractivity contribution is -0.129. The van der Waals surface area contributed by atoms with Crippen LogP contribution in [-0.2, 0) is 11.3 Å². The van der Waals surface area contributed by atoms with Crippen molar-refractivity contribution in [1.29, 1.82) is 0 Å². The van der Waals surface area contributed by atoms with Crippen molar-refractivity contribution in [1.82, 2.24) is 34.8 Å². The molecule has 34 heavy (non-hydrogen) atoms. The molecular formula is C24H26N8O2. The van der Waals surface area contributed by atoms with Gasteiger partial charge in [0.05, 0.1) is 17.7 Å². The molecule has 4 aromatic rings. The summed E-state index contributed by atoms with van der Waals surface area (Å²) in [5.74, 6) is 2.20. The monoisotopic (exact) mass is 458 g/mol. The SMILES string of the molecule is CNc1ncc(-c2ccc(C(c3noc(-c4cnn(CC(=O)N(C)C)c4)n3)C3CC3)cc2)cn1. The predicted octanol–water partition coefficient (Wildman–Crippen LogP) is 3.06. The Balaban J connectivity index is 1.35. The average Bonchev–Trinajstić information content (AvgIpc) is 3.37. The van der Waals surface area contributed by atoms with Crippen LogP contribution in [0.5, 0.6) is 0 Å². The lowest BCUT2D eigenvalue weighted by Crippen LogP contribution is -2.26. The first kappa shape index (κ1) is 21.7. The second-order valence-electron chi connectivity index (χ2n) is 8.65. The quantitative estimate of drug-likeness (QED) is 0.428. The number of nitrogens with zero attached hydrogens (tertiary/aromatic N) is 7. The van der Waals surface area contributed by atoms with Gasteiger partial charge in [-0.1, -0.05) is 29.4 Å². The molecule has 1 amide bonds. The maximum atomic E-state index is 11.9. The number of aromatic nitrogens is 6. The summed E-state index contributed by atoms with van der Waals surface area (Å²) < 4.78 is 7.15. The Morgan fingerprint density at radius 3 is 2.50 bits per heavy atom. The van der Waals surface area contributed by atoms with Crippen molar-refractivity contribution in [3.05, 3.63) is 60.4 Å². The van der Waals surface area contributed by atoms with Gasteiger partial charge in [-0.05, 0) is 29.9 Å². The molecule has 0 bridgehead atoms. The zero-order valence-electron chi connectivity index (χ0n) is 19.3. The van der Waals surface area contributed by atoms with Crippen LogP contribution >= 0.6 is 0 Å². The molecule has 3 aromatic heterocycles. The summed E-state index contributed by atoms with van der Waals surface area (Å²) >= 11 is 0. The number of carbonyl (C=O) groups is 1. The number of rotatable bonds is 8. The molecule has 1 unspecified atom stereocenters. The first-order valence-electron chi connectivity index (χ1n) is 11.2. The third kappa shape index (κ3) is 4.52. The molecule has 3 heterocycles. The van der Waals surface area contributed by atoms with Gasteiger partial charge in [0.25, 0.3) is 5.89 Å².